The van der Waals surface area contributed by atoms with Crippen molar-refractivity contribution in [1.29, 1.82) is 0 Å². The van der Waals surface area contributed by atoms with E-state index in [1.807, 2.05) is 19.1 Å². The molecule has 4 heteroatoms. The van der Waals surface area contributed by atoms with Gasteiger partial charge in [-0.15, -0.1) is 11.3 Å². The SMILES string of the molecule is CCCCNC(=O)CCC(=O)c1ccc(C)s1. The highest BCUT2D eigenvalue weighted by atomic mass is 32.1. The molecule has 0 bridgehead atoms. The van der Waals surface area contributed by atoms with Gasteiger partial charge in [0.2, 0.25) is 5.91 Å². The highest BCUT2D eigenvalue weighted by molar-refractivity contribution is 7.14. The zero-order valence-corrected chi connectivity index (χ0v) is 11.2. The zero-order chi connectivity index (χ0) is 12.7. The van der Waals surface area contributed by atoms with Gasteiger partial charge < -0.3 is 5.32 Å². The smallest absolute Gasteiger partial charge is 0.220 e. The molecule has 3 nitrogen and oxygen atoms in total. The summed E-state index contributed by atoms with van der Waals surface area (Å²) in [5.41, 5.74) is 0. The van der Waals surface area contributed by atoms with Crippen molar-refractivity contribution in [2.45, 2.75) is 39.5 Å². The lowest BCUT2D eigenvalue weighted by molar-refractivity contribution is -0.121. The molecule has 0 aromatic carbocycles. The van der Waals surface area contributed by atoms with Gasteiger partial charge in [0.25, 0.3) is 0 Å². The molecular formula is C13H19NO2S. The Kier molecular flexibility index (Phi) is 5.91. The first-order valence-electron chi connectivity index (χ1n) is 5.99. The van der Waals surface area contributed by atoms with Crippen molar-refractivity contribution in [3.05, 3.63) is 21.9 Å². The number of thiophene rings is 1. The van der Waals surface area contributed by atoms with E-state index in [1.54, 1.807) is 0 Å². The molecule has 0 spiro atoms. The first-order valence-corrected chi connectivity index (χ1v) is 6.81. The number of rotatable bonds is 7. The van der Waals surface area contributed by atoms with Crippen LogP contribution in [0.15, 0.2) is 12.1 Å². The molecule has 94 valence electrons. The Balaban J connectivity index is 2.26. The second kappa shape index (κ2) is 7.22. The number of ketones is 1. The van der Waals surface area contributed by atoms with Gasteiger partial charge in [0.05, 0.1) is 4.88 Å². The van der Waals surface area contributed by atoms with Crippen LogP contribution in [0.1, 0.15) is 47.2 Å². The van der Waals surface area contributed by atoms with Gasteiger partial charge in [0, 0.05) is 24.3 Å². The summed E-state index contributed by atoms with van der Waals surface area (Å²) >= 11 is 1.49. The largest absolute Gasteiger partial charge is 0.356 e. The predicted octanol–water partition coefficient (Wildman–Crippen LogP) is 2.94. The number of hydrogen-bond acceptors (Lipinski definition) is 3. The van der Waals surface area contributed by atoms with E-state index in [-0.39, 0.29) is 11.7 Å². The second-order valence-corrected chi connectivity index (χ2v) is 5.32. The summed E-state index contributed by atoms with van der Waals surface area (Å²) in [5.74, 6) is 0.0359. The van der Waals surface area contributed by atoms with Crippen LogP contribution < -0.4 is 5.32 Å². The van der Waals surface area contributed by atoms with Gasteiger partial charge in [-0.2, -0.15) is 0 Å². The highest BCUT2D eigenvalue weighted by Gasteiger charge is 2.10. The molecule has 1 aromatic heterocycles. The molecule has 1 amide bonds. The molecule has 1 N–H and O–H groups in total. The van der Waals surface area contributed by atoms with E-state index in [4.69, 9.17) is 0 Å². The van der Waals surface area contributed by atoms with E-state index < -0.39 is 0 Å². The Morgan fingerprint density at radius 1 is 1.29 bits per heavy atom. The molecule has 0 aliphatic rings. The van der Waals surface area contributed by atoms with Crippen LogP contribution in [-0.2, 0) is 4.79 Å². The Hall–Kier alpha value is -1.16. The molecule has 0 saturated heterocycles. The minimum absolute atomic E-state index is 0.0277. The molecule has 1 rings (SSSR count). The first kappa shape index (κ1) is 13.9. The molecule has 0 saturated carbocycles. The predicted molar refractivity (Wildman–Crippen MR) is 70.5 cm³/mol. The summed E-state index contributed by atoms with van der Waals surface area (Å²) < 4.78 is 0. The van der Waals surface area contributed by atoms with Crippen molar-refractivity contribution in [3.8, 4) is 0 Å². The number of carbonyl (C=O) groups excluding carboxylic acids is 2. The Morgan fingerprint density at radius 2 is 2.06 bits per heavy atom. The van der Waals surface area contributed by atoms with Crippen molar-refractivity contribution >= 4 is 23.0 Å². The lowest BCUT2D eigenvalue weighted by Crippen LogP contribution is -2.24. The van der Waals surface area contributed by atoms with E-state index in [1.165, 1.54) is 11.3 Å². The topological polar surface area (TPSA) is 46.2 Å². The summed E-state index contributed by atoms with van der Waals surface area (Å²) in [6.45, 7) is 4.76. The fourth-order valence-electron chi connectivity index (χ4n) is 1.43. The summed E-state index contributed by atoms with van der Waals surface area (Å²) in [7, 11) is 0. The van der Waals surface area contributed by atoms with E-state index in [0.29, 0.717) is 19.4 Å². The van der Waals surface area contributed by atoms with E-state index in [2.05, 4.69) is 12.2 Å². The minimum atomic E-state index is -0.0277. The highest BCUT2D eigenvalue weighted by Crippen LogP contribution is 2.17. The van der Waals surface area contributed by atoms with Crippen LogP contribution in [0, 0.1) is 6.92 Å². The third-order valence-electron chi connectivity index (χ3n) is 2.45. The third kappa shape index (κ3) is 5.13. The molecular weight excluding hydrogens is 234 g/mol. The fourth-order valence-corrected chi connectivity index (χ4v) is 2.26. The summed E-state index contributed by atoms with van der Waals surface area (Å²) in [6, 6.07) is 3.76. The van der Waals surface area contributed by atoms with Crippen molar-refractivity contribution in [3.63, 3.8) is 0 Å². The maximum absolute atomic E-state index is 11.7. The van der Waals surface area contributed by atoms with Crippen molar-refractivity contribution in [2.75, 3.05) is 6.54 Å². The lowest BCUT2D eigenvalue weighted by Gasteiger charge is -2.02. The quantitative estimate of drug-likeness (QED) is 0.600. The van der Waals surface area contributed by atoms with Crippen LogP contribution in [-0.4, -0.2) is 18.2 Å². The first-order chi connectivity index (χ1) is 8.13. The van der Waals surface area contributed by atoms with E-state index in [0.717, 1.165) is 22.6 Å². The molecule has 0 atom stereocenters. The average molecular weight is 253 g/mol. The number of unbranched alkanes of at least 4 members (excludes halogenated alkanes) is 1. The number of amides is 1. The fraction of sp³-hybridized carbons (Fsp3) is 0.538. The van der Waals surface area contributed by atoms with Crippen LogP contribution in [0.2, 0.25) is 0 Å². The van der Waals surface area contributed by atoms with Gasteiger partial charge in [0.1, 0.15) is 0 Å². The zero-order valence-electron chi connectivity index (χ0n) is 10.4. The van der Waals surface area contributed by atoms with Crippen molar-refractivity contribution < 1.29 is 9.59 Å². The normalized spacial score (nSPS) is 10.2. The number of hydrogen-bond donors (Lipinski definition) is 1. The van der Waals surface area contributed by atoms with Crippen LogP contribution in [0.5, 0.6) is 0 Å². The Labute approximate surface area is 106 Å². The van der Waals surface area contributed by atoms with Gasteiger partial charge in [-0.05, 0) is 25.5 Å². The molecule has 1 aromatic rings. The number of nitrogens with one attached hydrogen (secondary N) is 1. The summed E-state index contributed by atoms with van der Waals surface area (Å²) in [5, 5.41) is 2.81. The van der Waals surface area contributed by atoms with Crippen LogP contribution >= 0.6 is 11.3 Å². The number of carbonyl (C=O) groups is 2. The summed E-state index contributed by atoms with van der Waals surface area (Å²) in [6.07, 6.45) is 2.65. The molecule has 0 aliphatic carbocycles. The minimum Gasteiger partial charge on any atom is -0.356 e. The van der Waals surface area contributed by atoms with E-state index >= 15 is 0 Å². The summed E-state index contributed by atoms with van der Waals surface area (Å²) in [4.78, 5) is 25.0. The number of Topliss-reactive ketones (excluding diaryl/α,β-unsaturated/α-hetero) is 1. The molecule has 17 heavy (non-hydrogen) atoms. The van der Waals surface area contributed by atoms with Gasteiger partial charge in [-0.1, -0.05) is 13.3 Å². The van der Waals surface area contributed by atoms with Crippen LogP contribution in [0.25, 0.3) is 0 Å². The van der Waals surface area contributed by atoms with Gasteiger partial charge in [-0.3, -0.25) is 9.59 Å². The maximum Gasteiger partial charge on any atom is 0.220 e. The van der Waals surface area contributed by atoms with Gasteiger partial charge in [0.15, 0.2) is 5.78 Å². The second-order valence-electron chi connectivity index (χ2n) is 4.04. The van der Waals surface area contributed by atoms with Gasteiger partial charge in [-0.25, -0.2) is 0 Å². The molecule has 1 heterocycles. The van der Waals surface area contributed by atoms with Gasteiger partial charge >= 0.3 is 0 Å². The molecule has 0 radical (unpaired) electrons. The standard InChI is InChI=1S/C13H19NO2S/c1-3-4-9-14-13(16)8-6-11(15)12-7-5-10(2)17-12/h5,7H,3-4,6,8-9H2,1-2H3,(H,14,16). The third-order valence-corrected chi connectivity index (χ3v) is 3.49. The van der Waals surface area contributed by atoms with E-state index in [9.17, 15) is 9.59 Å². The van der Waals surface area contributed by atoms with Crippen LogP contribution in [0.4, 0.5) is 0 Å². The Morgan fingerprint density at radius 3 is 2.65 bits per heavy atom. The molecule has 0 aliphatic heterocycles. The maximum atomic E-state index is 11.7. The van der Waals surface area contributed by atoms with Crippen molar-refractivity contribution in [1.82, 2.24) is 5.32 Å². The average Bonchev–Trinajstić information content (AvgIpc) is 2.73. The monoisotopic (exact) mass is 253 g/mol. The lowest BCUT2D eigenvalue weighted by atomic mass is 10.2. The molecule has 0 unspecified atom stereocenters. The molecule has 0 fully saturated rings. The van der Waals surface area contributed by atoms with Crippen molar-refractivity contribution in [2.24, 2.45) is 0 Å². The Bertz CT molecular complexity index is 385. The number of aryl methyl sites for hydroxylation is 1. The van der Waals surface area contributed by atoms with Crippen LogP contribution in [0.3, 0.4) is 0 Å².